The third kappa shape index (κ3) is 2.96. The van der Waals surface area contributed by atoms with E-state index in [9.17, 15) is 24.9 Å². The number of ketones is 1. The lowest BCUT2D eigenvalue weighted by Gasteiger charge is -1.96. The van der Waals surface area contributed by atoms with Crippen LogP contribution in [0.15, 0.2) is 16.9 Å². The molecule has 1 aromatic carbocycles. The molecule has 92 valence electrons. The van der Waals surface area contributed by atoms with Crippen LogP contribution >= 0.6 is 0 Å². The molecule has 0 spiro atoms. The molecule has 0 fully saturated rings. The number of aromatic hydroxyl groups is 3. The van der Waals surface area contributed by atoms with Crippen LogP contribution < -0.4 is 5.43 Å². The van der Waals surface area contributed by atoms with Gasteiger partial charge in [0.25, 0.3) is 0 Å². The molecule has 0 atom stereocenters. The van der Waals surface area contributed by atoms with Crippen LogP contribution in [0.1, 0.15) is 36.5 Å². The van der Waals surface area contributed by atoms with Crippen molar-refractivity contribution in [2.45, 2.75) is 26.2 Å². The van der Waals surface area contributed by atoms with Crippen molar-refractivity contribution in [2.24, 2.45) is 0 Å². The van der Waals surface area contributed by atoms with Crippen LogP contribution in [0.5, 0.6) is 17.2 Å². The first-order valence-corrected chi connectivity index (χ1v) is 5.29. The minimum Gasteiger partial charge on any atom is -0.504 e. The van der Waals surface area contributed by atoms with Crippen LogP contribution in [-0.2, 0) is 0 Å². The SMILES string of the molecule is CCCCC(=O)c1cc(O)c(O)c(O)c(=O)c1. The zero-order valence-electron chi connectivity index (χ0n) is 9.43. The van der Waals surface area contributed by atoms with Gasteiger partial charge in [0.2, 0.25) is 16.9 Å². The molecule has 0 bridgehead atoms. The van der Waals surface area contributed by atoms with E-state index in [-0.39, 0.29) is 17.8 Å². The molecule has 17 heavy (non-hydrogen) atoms. The van der Waals surface area contributed by atoms with Crippen molar-refractivity contribution in [2.75, 3.05) is 0 Å². The lowest BCUT2D eigenvalue weighted by Crippen LogP contribution is -2.02. The lowest BCUT2D eigenvalue weighted by atomic mass is 10.1. The van der Waals surface area contributed by atoms with E-state index in [0.717, 1.165) is 18.6 Å². The van der Waals surface area contributed by atoms with Gasteiger partial charge in [0, 0.05) is 18.1 Å². The Hall–Kier alpha value is -2.04. The Morgan fingerprint density at radius 2 is 1.82 bits per heavy atom. The Morgan fingerprint density at radius 3 is 2.41 bits per heavy atom. The van der Waals surface area contributed by atoms with E-state index in [1.54, 1.807) is 0 Å². The number of carbonyl (C=O) groups excluding carboxylic acids is 1. The number of Topliss-reactive ketones (excluding diaryl/α,β-unsaturated/α-hetero) is 1. The second-order valence-corrected chi connectivity index (χ2v) is 3.72. The van der Waals surface area contributed by atoms with E-state index in [1.165, 1.54) is 0 Å². The summed E-state index contributed by atoms with van der Waals surface area (Å²) >= 11 is 0. The third-order valence-corrected chi connectivity index (χ3v) is 2.36. The van der Waals surface area contributed by atoms with Gasteiger partial charge < -0.3 is 15.3 Å². The van der Waals surface area contributed by atoms with Crippen molar-refractivity contribution >= 4 is 5.78 Å². The van der Waals surface area contributed by atoms with Crippen LogP contribution in [0, 0.1) is 0 Å². The van der Waals surface area contributed by atoms with Gasteiger partial charge in [0.15, 0.2) is 11.5 Å². The first-order valence-electron chi connectivity index (χ1n) is 5.29. The molecule has 3 N–H and O–H groups in total. The normalized spacial score (nSPS) is 10.2. The summed E-state index contributed by atoms with van der Waals surface area (Å²) in [6.07, 6.45) is 1.75. The van der Waals surface area contributed by atoms with Crippen molar-refractivity contribution < 1.29 is 20.1 Å². The zero-order chi connectivity index (χ0) is 13.0. The van der Waals surface area contributed by atoms with Crippen molar-refractivity contribution in [3.8, 4) is 17.2 Å². The third-order valence-electron chi connectivity index (χ3n) is 2.36. The van der Waals surface area contributed by atoms with Crippen molar-refractivity contribution in [1.82, 2.24) is 0 Å². The number of hydrogen-bond acceptors (Lipinski definition) is 5. The molecule has 0 aliphatic rings. The summed E-state index contributed by atoms with van der Waals surface area (Å²) in [4.78, 5) is 23.0. The molecule has 0 aliphatic carbocycles. The van der Waals surface area contributed by atoms with Gasteiger partial charge in [0.05, 0.1) is 0 Å². The van der Waals surface area contributed by atoms with Gasteiger partial charge in [-0.2, -0.15) is 0 Å². The molecule has 5 nitrogen and oxygen atoms in total. The van der Waals surface area contributed by atoms with Crippen LogP contribution in [0.3, 0.4) is 0 Å². The lowest BCUT2D eigenvalue weighted by molar-refractivity contribution is 0.0979. The fraction of sp³-hybridized carbons (Fsp3) is 0.333. The molecule has 0 saturated carbocycles. The summed E-state index contributed by atoms with van der Waals surface area (Å²) in [7, 11) is 0. The van der Waals surface area contributed by atoms with Gasteiger partial charge in [-0.15, -0.1) is 0 Å². The second kappa shape index (κ2) is 5.34. The summed E-state index contributed by atoms with van der Waals surface area (Å²) in [5, 5.41) is 27.8. The predicted molar refractivity (Wildman–Crippen MR) is 61.6 cm³/mol. The molecular formula is C12H14O5. The highest BCUT2D eigenvalue weighted by molar-refractivity contribution is 5.96. The molecule has 0 heterocycles. The Morgan fingerprint density at radius 1 is 1.18 bits per heavy atom. The summed E-state index contributed by atoms with van der Waals surface area (Å²) in [5.74, 6) is -2.87. The molecule has 0 aliphatic heterocycles. The number of carbonyl (C=O) groups is 1. The smallest absolute Gasteiger partial charge is 0.224 e. The van der Waals surface area contributed by atoms with Gasteiger partial charge >= 0.3 is 0 Å². The van der Waals surface area contributed by atoms with E-state index in [2.05, 4.69) is 0 Å². The minimum atomic E-state index is -0.961. The van der Waals surface area contributed by atoms with E-state index in [4.69, 9.17) is 0 Å². The van der Waals surface area contributed by atoms with Gasteiger partial charge in [-0.25, -0.2) is 0 Å². The first kappa shape index (κ1) is 13.0. The van der Waals surface area contributed by atoms with Gasteiger partial charge in [-0.05, 0) is 12.5 Å². The fourth-order valence-corrected chi connectivity index (χ4v) is 1.35. The summed E-state index contributed by atoms with van der Waals surface area (Å²) in [6.45, 7) is 1.92. The Balaban J connectivity index is 3.25. The highest BCUT2D eigenvalue weighted by Crippen LogP contribution is 2.30. The van der Waals surface area contributed by atoms with Crippen LogP contribution in [0.2, 0.25) is 0 Å². The molecule has 1 aromatic rings. The molecular weight excluding hydrogens is 224 g/mol. The van der Waals surface area contributed by atoms with Gasteiger partial charge in [-0.3, -0.25) is 9.59 Å². The Labute approximate surface area is 98.0 Å². The first-order chi connectivity index (χ1) is 7.97. The van der Waals surface area contributed by atoms with Crippen LogP contribution in [0.4, 0.5) is 0 Å². The van der Waals surface area contributed by atoms with Crippen molar-refractivity contribution in [1.29, 1.82) is 0 Å². The second-order valence-electron chi connectivity index (χ2n) is 3.72. The number of unbranched alkanes of at least 4 members (excludes halogenated alkanes) is 1. The van der Waals surface area contributed by atoms with E-state index in [0.29, 0.717) is 6.42 Å². The Bertz CT molecular complexity index is 493. The molecule has 0 unspecified atom stereocenters. The quantitative estimate of drug-likeness (QED) is 0.691. The van der Waals surface area contributed by atoms with E-state index < -0.39 is 22.7 Å². The maximum absolute atomic E-state index is 11.7. The molecule has 0 aromatic heterocycles. The molecule has 0 radical (unpaired) electrons. The zero-order valence-corrected chi connectivity index (χ0v) is 9.43. The highest BCUT2D eigenvalue weighted by atomic mass is 16.3. The largest absolute Gasteiger partial charge is 0.504 e. The molecule has 1 rings (SSSR count). The number of rotatable bonds is 4. The maximum atomic E-state index is 11.7. The predicted octanol–water partition coefficient (Wildman–Crippen LogP) is 1.54. The monoisotopic (exact) mass is 238 g/mol. The maximum Gasteiger partial charge on any atom is 0.224 e. The van der Waals surface area contributed by atoms with Crippen molar-refractivity contribution in [3.05, 3.63) is 27.9 Å². The van der Waals surface area contributed by atoms with Crippen LogP contribution in [0.25, 0.3) is 0 Å². The van der Waals surface area contributed by atoms with Crippen LogP contribution in [-0.4, -0.2) is 21.1 Å². The van der Waals surface area contributed by atoms with E-state index in [1.807, 2.05) is 6.92 Å². The molecule has 5 heteroatoms. The van der Waals surface area contributed by atoms with Gasteiger partial charge in [0.1, 0.15) is 0 Å². The van der Waals surface area contributed by atoms with Gasteiger partial charge in [-0.1, -0.05) is 13.3 Å². The molecule has 0 saturated heterocycles. The number of hydrogen-bond donors (Lipinski definition) is 3. The summed E-state index contributed by atoms with van der Waals surface area (Å²) in [5.41, 5.74) is -0.917. The highest BCUT2D eigenvalue weighted by Gasteiger charge is 2.13. The standard InChI is InChI=1S/C12H14O5/c1-2-3-4-8(13)7-5-9(14)11(16)12(17)10(15)6-7/h5-6H,2-4H2,1H3,(H3,14,15,16,17). The average molecular weight is 238 g/mol. The minimum absolute atomic E-state index is 0.0171. The topological polar surface area (TPSA) is 94.8 Å². The van der Waals surface area contributed by atoms with E-state index >= 15 is 0 Å². The average Bonchev–Trinajstić information content (AvgIpc) is 2.40. The summed E-state index contributed by atoms with van der Waals surface area (Å²) < 4.78 is 0. The summed E-state index contributed by atoms with van der Waals surface area (Å²) in [6, 6.07) is 1.89. The Kier molecular flexibility index (Phi) is 4.09. The van der Waals surface area contributed by atoms with Crippen molar-refractivity contribution in [3.63, 3.8) is 0 Å². The molecule has 0 amide bonds. The fourth-order valence-electron chi connectivity index (χ4n) is 1.35.